The van der Waals surface area contributed by atoms with Gasteiger partial charge in [0.15, 0.2) is 0 Å². The average molecular weight is 212 g/mol. The smallest absolute Gasteiger partial charge is 0.272 e. The minimum absolute atomic E-state index is 0.0396. The van der Waals surface area contributed by atoms with E-state index in [9.17, 15) is 9.18 Å². The molecule has 4 nitrogen and oxygen atoms in total. The largest absolute Gasteiger partial charge is 0.394 e. The Hall–Kier alpha value is -1.49. The van der Waals surface area contributed by atoms with Crippen molar-refractivity contribution >= 4 is 5.91 Å². The summed E-state index contributed by atoms with van der Waals surface area (Å²) in [6, 6.07) is 3.72. The summed E-state index contributed by atoms with van der Waals surface area (Å²) in [6.45, 7) is 1.55. The highest BCUT2D eigenvalue weighted by Crippen LogP contribution is 2.04. The summed E-state index contributed by atoms with van der Waals surface area (Å²) >= 11 is 0. The number of carbonyl (C=O) groups excluding carboxylic acids is 1. The fourth-order valence-corrected chi connectivity index (χ4v) is 1.03. The van der Waals surface area contributed by atoms with Crippen LogP contribution in [0.2, 0.25) is 0 Å². The molecule has 1 aromatic heterocycles. The van der Waals surface area contributed by atoms with Gasteiger partial charge >= 0.3 is 0 Å². The van der Waals surface area contributed by atoms with Gasteiger partial charge in [-0.3, -0.25) is 4.79 Å². The van der Waals surface area contributed by atoms with Crippen molar-refractivity contribution in [3.05, 3.63) is 29.8 Å². The lowest BCUT2D eigenvalue weighted by molar-refractivity contribution is 0.0675. The van der Waals surface area contributed by atoms with Crippen molar-refractivity contribution in [2.45, 2.75) is 13.0 Å². The van der Waals surface area contributed by atoms with Crippen LogP contribution in [0.4, 0.5) is 4.39 Å². The fourth-order valence-electron chi connectivity index (χ4n) is 1.03. The molecule has 0 aliphatic rings. The molecule has 0 aliphatic heterocycles. The topological polar surface area (TPSA) is 53.4 Å². The Kier molecular flexibility index (Phi) is 3.74. The van der Waals surface area contributed by atoms with Crippen molar-refractivity contribution in [1.29, 1.82) is 0 Å². The molecule has 0 radical (unpaired) electrons. The Morgan fingerprint density at radius 1 is 1.67 bits per heavy atom. The van der Waals surface area contributed by atoms with E-state index in [1.54, 1.807) is 6.92 Å². The Balaban J connectivity index is 2.85. The molecule has 1 N–H and O–H groups in total. The molecule has 1 atom stereocenters. The molecule has 1 rings (SSSR count). The molecule has 82 valence electrons. The number of carbonyl (C=O) groups is 1. The second-order valence-electron chi connectivity index (χ2n) is 3.29. The molecule has 1 heterocycles. The summed E-state index contributed by atoms with van der Waals surface area (Å²) in [6.07, 6.45) is 0. The molecule has 1 amide bonds. The molecule has 0 saturated carbocycles. The van der Waals surface area contributed by atoms with Crippen molar-refractivity contribution in [1.82, 2.24) is 9.88 Å². The van der Waals surface area contributed by atoms with Gasteiger partial charge in [-0.2, -0.15) is 4.39 Å². The molecule has 0 bridgehead atoms. The summed E-state index contributed by atoms with van der Waals surface area (Å²) in [4.78, 5) is 16.5. The standard InChI is InChI=1S/C10H13FN2O2/c1-7(6-14)13(2)10(15)8-4-3-5-9(11)12-8/h3-5,7,14H,6H2,1-2H3. The number of rotatable bonds is 3. The van der Waals surface area contributed by atoms with Gasteiger partial charge in [-0.15, -0.1) is 0 Å². The summed E-state index contributed by atoms with van der Waals surface area (Å²) < 4.78 is 12.7. The minimum Gasteiger partial charge on any atom is -0.394 e. The first-order chi connectivity index (χ1) is 7.06. The van der Waals surface area contributed by atoms with E-state index in [1.807, 2.05) is 0 Å². The van der Waals surface area contributed by atoms with Crippen LogP contribution in [0.25, 0.3) is 0 Å². The number of hydrogen-bond acceptors (Lipinski definition) is 3. The Morgan fingerprint density at radius 2 is 2.33 bits per heavy atom. The number of likely N-dealkylation sites (N-methyl/N-ethyl adjacent to an activating group) is 1. The van der Waals surface area contributed by atoms with Crippen LogP contribution in [0.1, 0.15) is 17.4 Å². The van der Waals surface area contributed by atoms with Crippen LogP contribution in [0, 0.1) is 5.95 Å². The van der Waals surface area contributed by atoms with Gasteiger partial charge in [0.25, 0.3) is 5.91 Å². The average Bonchev–Trinajstić information content (AvgIpc) is 2.26. The van der Waals surface area contributed by atoms with E-state index in [4.69, 9.17) is 5.11 Å². The molecular formula is C10H13FN2O2. The second kappa shape index (κ2) is 4.84. The van der Waals surface area contributed by atoms with Crippen molar-refractivity contribution in [3.8, 4) is 0 Å². The third-order valence-corrected chi connectivity index (χ3v) is 2.18. The molecular weight excluding hydrogens is 199 g/mol. The maximum absolute atomic E-state index is 12.7. The van der Waals surface area contributed by atoms with Crippen LogP contribution in [0.3, 0.4) is 0 Å². The van der Waals surface area contributed by atoms with Gasteiger partial charge in [0, 0.05) is 7.05 Å². The molecule has 5 heteroatoms. The number of pyridine rings is 1. The SMILES string of the molecule is CC(CO)N(C)C(=O)c1cccc(F)n1. The molecule has 0 fully saturated rings. The highest BCUT2D eigenvalue weighted by Gasteiger charge is 2.17. The third kappa shape index (κ3) is 2.73. The zero-order valence-electron chi connectivity index (χ0n) is 8.64. The van der Waals surface area contributed by atoms with E-state index in [0.29, 0.717) is 0 Å². The first-order valence-corrected chi connectivity index (χ1v) is 4.57. The van der Waals surface area contributed by atoms with E-state index >= 15 is 0 Å². The van der Waals surface area contributed by atoms with Crippen LogP contribution in [-0.2, 0) is 0 Å². The van der Waals surface area contributed by atoms with E-state index in [0.717, 1.165) is 0 Å². The normalized spacial score (nSPS) is 12.3. The summed E-state index contributed by atoms with van der Waals surface area (Å²) in [5, 5.41) is 8.87. The monoisotopic (exact) mass is 212 g/mol. The minimum atomic E-state index is -0.689. The van der Waals surface area contributed by atoms with Crippen LogP contribution in [0.15, 0.2) is 18.2 Å². The summed E-state index contributed by atoms with van der Waals surface area (Å²) in [7, 11) is 1.54. The van der Waals surface area contributed by atoms with Crippen molar-refractivity contribution in [3.63, 3.8) is 0 Å². The molecule has 0 saturated heterocycles. The zero-order valence-corrected chi connectivity index (χ0v) is 8.64. The highest BCUT2D eigenvalue weighted by atomic mass is 19.1. The number of halogens is 1. The maximum Gasteiger partial charge on any atom is 0.272 e. The van der Waals surface area contributed by atoms with Gasteiger partial charge < -0.3 is 10.0 Å². The number of aromatic nitrogens is 1. The predicted octanol–water partition coefficient (Wildman–Crippen LogP) is 0.673. The Morgan fingerprint density at radius 3 is 2.87 bits per heavy atom. The lowest BCUT2D eigenvalue weighted by atomic mass is 10.2. The van der Waals surface area contributed by atoms with Gasteiger partial charge in [0.1, 0.15) is 5.69 Å². The van der Waals surface area contributed by atoms with Gasteiger partial charge in [-0.25, -0.2) is 4.98 Å². The molecule has 1 unspecified atom stereocenters. The van der Waals surface area contributed by atoms with E-state index in [1.165, 1.54) is 30.1 Å². The van der Waals surface area contributed by atoms with Crippen molar-refractivity contribution < 1.29 is 14.3 Å². The molecule has 15 heavy (non-hydrogen) atoms. The van der Waals surface area contributed by atoms with Crippen molar-refractivity contribution in [2.75, 3.05) is 13.7 Å². The lowest BCUT2D eigenvalue weighted by Crippen LogP contribution is -2.37. The lowest BCUT2D eigenvalue weighted by Gasteiger charge is -2.22. The molecule has 1 aromatic rings. The van der Waals surface area contributed by atoms with Gasteiger partial charge in [0.05, 0.1) is 12.6 Å². The van der Waals surface area contributed by atoms with E-state index < -0.39 is 11.9 Å². The van der Waals surface area contributed by atoms with Gasteiger partial charge in [-0.1, -0.05) is 6.07 Å². The van der Waals surface area contributed by atoms with Crippen LogP contribution in [0.5, 0.6) is 0 Å². The number of hydrogen-bond donors (Lipinski definition) is 1. The fraction of sp³-hybridized carbons (Fsp3) is 0.400. The Labute approximate surface area is 87.4 Å². The number of aliphatic hydroxyl groups excluding tert-OH is 1. The summed E-state index contributed by atoms with van der Waals surface area (Å²) in [5.41, 5.74) is 0.0396. The zero-order chi connectivity index (χ0) is 11.4. The third-order valence-electron chi connectivity index (χ3n) is 2.18. The number of amides is 1. The van der Waals surface area contributed by atoms with Crippen molar-refractivity contribution in [2.24, 2.45) is 0 Å². The first kappa shape index (κ1) is 11.6. The first-order valence-electron chi connectivity index (χ1n) is 4.57. The Bertz CT molecular complexity index is 357. The van der Waals surface area contributed by atoms with Gasteiger partial charge in [-0.05, 0) is 19.1 Å². The quantitative estimate of drug-likeness (QED) is 0.749. The van der Waals surface area contributed by atoms with E-state index in [2.05, 4.69) is 4.98 Å². The van der Waals surface area contributed by atoms with Gasteiger partial charge in [0.2, 0.25) is 5.95 Å². The number of nitrogens with zero attached hydrogens (tertiary/aromatic N) is 2. The van der Waals surface area contributed by atoms with Crippen LogP contribution < -0.4 is 0 Å². The number of aliphatic hydroxyl groups is 1. The molecule has 0 spiro atoms. The van der Waals surface area contributed by atoms with Crippen LogP contribution in [-0.4, -0.2) is 40.6 Å². The second-order valence-corrected chi connectivity index (χ2v) is 3.29. The predicted molar refractivity (Wildman–Crippen MR) is 52.8 cm³/mol. The molecule has 0 aromatic carbocycles. The molecule has 0 aliphatic carbocycles. The van der Waals surface area contributed by atoms with Crippen LogP contribution >= 0.6 is 0 Å². The maximum atomic E-state index is 12.7. The highest BCUT2D eigenvalue weighted by molar-refractivity contribution is 5.92. The summed E-state index contributed by atoms with van der Waals surface area (Å²) in [5.74, 6) is -1.10. The van der Waals surface area contributed by atoms with E-state index in [-0.39, 0.29) is 18.3 Å².